The first kappa shape index (κ1) is 18.2. The van der Waals surface area contributed by atoms with Crippen LogP contribution in [0.1, 0.15) is 53.1 Å². The van der Waals surface area contributed by atoms with Crippen LogP contribution in [0, 0.1) is 13.8 Å². The van der Waals surface area contributed by atoms with Crippen molar-refractivity contribution in [2.75, 3.05) is 13.1 Å². The summed E-state index contributed by atoms with van der Waals surface area (Å²) in [5.41, 5.74) is 2.32. The molecule has 1 aliphatic rings. The number of aromatic nitrogens is 1. The maximum absolute atomic E-state index is 12.8. The zero-order valence-corrected chi connectivity index (χ0v) is 15.5. The lowest BCUT2D eigenvalue weighted by Crippen LogP contribution is -2.47. The topological polar surface area (TPSA) is 75.4 Å². The highest BCUT2D eigenvalue weighted by Gasteiger charge is 2.30. The molecule has 6 heteroatoms. The lowest BCUT2D eigenvalue weighted by Gasteiger charge is -2.34. The molecule has 2 amide bonds. The maximum Gasteiger partial charge on any atom is 0.251 e. The Hall–Kier alpha value is -2.63. The van der Waals surface area contributed by atoms with Gasteiger partial charge in [-0.2, -0.15) is 0 Å². The van der Waals surface area contributed by atoms with E-state index in [1.807, 2.05) is 43.9 Å². The second-order valence-corrected chi connectivity index (χ2v) is 6.90. The smallest absolute Gasteiger partial charge is 0.251 e. The van der Waals surface area contributed by atoms with Crippen molar-refractivity contribution in [3.63, 3.8) is 0 Å². The van der Waals surface area contributed by atoms with E-state index in [1.54, 1.807) is 12.1 Å². The molecule has 0 bridgehead atoms. The van der Waals surface area contributed by atoms with Crippen LogP contribution < -0.4 is 5.32 Å². The maximum atomic E-state index is 12.8. The highest BCUT2D eigenvalue weighted by atomic mass is 16.5. The molecule has 0 unspecified atom stereocenters. The van der Waals surface area contributed by atoms with Crippen molar-refractivity contribution < 1.29 is 14.1 Å². The zero-order chi connectivity index (χ0) is 18.7. The summed E-state index contributed by atoms with van der Waals surface area (Å²) in [6.07, 6.45) is 1.53. The van der Waals surface area contributed by atoms with Gasteiger partial charge < -0.3 is 14.7 Å². The molecule has 2 aromatic rings. The quantitative estimate of drug-likeness (QED) is 0.915. The van der Waals surface area contributed by atoms with Gasteiger partial charge in [0.15, 0.2) is 0 Å². The predicted molar refractivity (Wildman–Crippen MR) is 97.9 cm³/mol. The van der Waals surface area contributed by atoms with Gasteiger partial charge in [0.05, 0.1) is 11.6 Å². The Morgan fingerprint density at radius 2 is 1.85 bits per heavy atom. The second-order valence-electron chi connectivity index (χ2n) is 6.90. The van der Waals surface area contributed by atoms with Crippen molar-refractivity contribution in [3.8, 4) is 0 Å². The lowest BCUT2D eigenvalue weighted by atomic mass is 9.96. The first-order valence-electron chi connectivity index (χ1n) is 9.05. The van der Waals surface area contributed by atoms with Crippen molar-refractivity contribution in [3.05, 3.63) is 52.9 Å². The highest BCUT2D eigenvalue weighted by molar-refractivity contribution is 5.94. The van der Waals surface area contributed by atoms with Gasteiger partial charge in [-0.1, -0.05) is 23.4 Å². The van der Waals surface area contributed by atoms with Crippen LogP contribution in [-0.2, 0) is 4.79 Å². The summed E-state index contributed by atoms with van der Waals surface area (Å²) >= 11 is 0. The predicted octanol–water partition coefficient (Wildman–Crippen LogP) is 2.82. The third-order valence-electron chi connectivity index (χ3n) is 5.07. The molecular formula is C20H25N3O3. The van der Waals surface area contributed by atoms with Gasteiger partial charge in [0, 0.05) is 30.3 Å². The Balaban J connectivity index is 1.55. The van der Waals surface area contributed by atoms with Gasteiger partial charge in [0.1, 0.15) is 5.76 Å². The van der Waals surface area contributed by atoms with Crippen LogP contribution >= 0.6 is 0 Å². The highest BCUT2D eigenvalue weighted by Crippen LogP contribution is 2.26. The van der Waals surface area contributed by atoms with Crippen molar-refractivity contribution >= 4 is 11.8 Å². The molecule has 1 aromatic heterocycles. The number of aryl methyl sites for hydroxylation is 2. The Kier molecular flexibility index (Phi) is 5.40. The number of carbonyl (C=O) groups is 2. The van der Waals surface area contributed by atoms with E-state index in [9.17, 15) is 9.59 Å². The van der Waals surface area contributed by atoms with Crippen molar-refractivity contribution in [1.29, 1.82) is 0 Å². The number of benzene rings is 1. The van der Waals surface area contributed by atoms with Gasteiger partial charge in [-0.15, -0.1) is 0 Å². The zero-order valence-electron chi connectivity index (χ0n) is 15.5. The van der Waals surface area contributed by atoms with E-state index in [1.165, 1.54) is 0 Å². The minimum atomic E-state index is -0.267. The lowest BCUT2D eigenvalue weighted by molar-refractivity contribution is -0.133. The van der Waals surface area contributed by atoms with Gasteiger partial charge in [-0.05, 0) is 45.7 Å². The monoisotopic (exact) mass is 355 g/mol. The van der Waals surface area contributed by atoms with E-state index in [2.05, 4.69) is 10.5 Å². The number of piperidine rings is 1. The minimum Gasteiger partial charge on any atom is -0.361 e. The summed E-state index contributed by atoms with van der Waals surface area (Å²) in [7, 11) is 0. The van der Waals surface area contributed by atoms with Crippen molar-refractivity contribution in [1.82, 2.24) is 15.4 Å². The molecule has 0 saturated carbocycles. The van der Waals surface area contributed by atoms with E-state index in [0.29, 0.717) is 24.4 Å². The number of nitrogens with one attached hydrogen (secondary N) is 1. The van der Waals surface area contributed by atoms with Gasteiger partial charge in [-0.25, -0.2) is 0 Å². The van der Waals surface area contributed by atoms with Crippen LogP contribution in [0.5, 0.6) is 0 Å². The van der Waals surface area contributed by atoms with E-state index < -0.39 is 0 Å². The molecule has 138 valence electrons. The molecule has 1 aliphatic heterocycles. The van der Waals surface area contributed by atoms with Crippen LogP contribution in [0.3, 0.4) is 0 Å². The molecule has 1 saturated heterocycles. The molecule has 1 atom stereocenters. The van der Waals surface area contributed by atoms with E-state index in [-0.39, 0.29) is 23.8 Å². The Labute approximate surface area is 153 Å². The summed E-state index contributed by atoms with van der Waals surface area (Å²) in [5, 5.41) is 7.01. The summed E-state index contributed by atoms with van der Waals surface area (Å²) in [6.45, 7) is 6.89. The van der Waals surface area contributed by atoms with Gasteiger partial charge in [-0.3, -0.25) is 9.59 Å². The molecular weight excluding hydrogens is 330 g/mol. The summed E-state index contributed by atoms with van der Waals surface area (Å²) in [4.78, 5) is 27.0. The number of nitrogens with zero attached hydrogens (tertiary/aromatic N) is 2. The summed E-state index contributed by atoms with van der Waals surface area (Å²) in [6, 6.07) is 9.30. The van der Waals surface area contributed by atoms with E-state index in [4.69, 9.17) is 4.52 Å². The fraction of sp³-hybridized carbons (Fsp3) is 0.450. The van der Waals surface area contributed by atoms with Crippen LogP contribution in [-0.4, -0.2) is 41.0 Å². The number of amides is 2. The number of likely N-dealkylation sites (tertiary alicyclic amines) is 1. The third-order valence-corrected chi connectivity index (χ3v) is 5.07. The molecule has 0 spiro atoms. The average Bonchev–Trinajstić information content (AvgIpc) is 3.00. The molecule has 1 fully saturated rings. The van der Waals surface area contributed by atoms with Gasteiger partial charge in [0.2, 0.25) is 5.91 Å². The first-order valence-corrected chi connectivity index (χ1v) is 9.05. The minimum absolute atomic E-state index is 0.0561. The molecule has 3 rings (SSSR count). The van der Waals surface area contributed by atoms with Gasteiger partial charge >= 0.3 is 0 Å². The van der Waals surface area contributed by atoms with Crippen LogP contribution in [0.2, 0.25) is 0 Å². The Morgan fingerprint density at radius 3 is 2.42 bits per heavy atom. The molecule has 2 heterocycles. The van der Waals surface area contributed by atoms with Gasteiger partial charge in [0.25, 0.3) is 5.91 Å². The first-order chi connectivity index (χ1) is 12.5. The number of hydrogen-bond acceptors (Lipinski definition) is 4. The number of rotatable bonds is 4. The normalized spacial score (nSPS) is 16.3. The Bertz CT molecular complexity index is 757. The van der Waals surface area contributed by atoms with Crippen LogP contribution in [0.15, 0.2) is 34.9 Å². The molecule has 0 radical (unpaired) electrons. The van der Waals surface area contributed by atoms with Crippen molar-refractivity contribution in [2.24, 2.45) is 0 Å². The molecule has 6 nitrogen and oxygen atoms in total. The summed E-state index contributed by atoms with van der Waals surface area (Å²) < 4.78 is 5.19. The largest absolute Gasteiger partial charge is 0.361 e. The average molecular weight is 355 g/mol. The molecule has 0 aliphatic carbocycles. The Morgan fingerprint density at radius 1 is 1.19 bits per heavy atom. The fourth-order valence-electron chi connectivity index (χ4n) is 3.61. The van der Waals surface area contributed by atoms with Crippen LogP contribution in [0.4, 0.5) is 0 Å². The van der Waals surface area contributed by atoms with E-state index in [0.717, 1.165) is 24.1 Å². The third kappa shape index (κ3) is 3.79. The number of hydrogen-bond donors (Lipinski definition) is 1. The van der Waals surface area contributed by atoms with Crippen molar-refractivity contribution in [2.45, 2.75) is 45.6 Å². The second kappa shape index (κ2) is 7.72. The number of carbonyl (C=O) groups excluding carboxylic acids is 2. The molecule has 1 N–H and O–H groups in total. The standard InChI is InChI=1S/C20H25N3O3/c1-13(18-14(2)22-26-15(18)3)20(25)23-11-9-17(10-12-23)21-19(24)16-7-5-4-6-8-16/h4-8,13,17H,9-12H2,1-3H3,(H,21,24)/t13-/m0/s1. The molecule has 1 aromatic carbocycles. The SMILES string of the molecule is Cc1noc(C)c1[C@H](C)C(=O)N1CCC(NC(=O)c2ccccc2)CC1. The fourth-order valence-corrected chi connectivity index (χ4v) is 3.61. The summed E-state index contributed by atoms with van der Waals surface area (Å²) in [5.74, 6) is 0.469. The molecule has 26 heavy (non-hydrogen) atoms. The van der Waals surface area contributed by atoms with Crippen LogP contribution in [0.25, 0.3) is 0 Å². The van der Waals surface area contributed by atoms with E-state index >= 15 is 0 Å².